The highest BCUT2D eigenvalue weighted by atomic mass is 32.2. The van der Waals surface area contributed by atoms with Crippen LogP contribution in [-0.4, -0.2) is 47.7 Å². The van der Waals surface area contributed by atoms with E-state index in [1.807, 2.05) is 30.2 Å². The highest BCUT2D eigenvalue weighted by Gasteiger charge is 2.19. The molecule has 1 N–H and O–H groups in total. The van der Waals surface area contributed by atoms with Crippen molar-refractivity contribution in [1.29, 1.82) is 0 Å². The number of thioether (sulfide) groups is 1. The number of anilines is 1. The first-order valence-corrected chi connectivity index (χ1v) is 8.54. The molecule has 0 aromatic carbocycles. The molecule has 0 radical (unpaired) electrons. The second-order valence-corrected chi connectivity index (χ2v) is 5.95. The maximum Gasteiger partial charge on any atom is 0.225 e. The number of hydrogen-bond donors (Lipinski definition) is 1. The van der Waals surface area contributed by atoms with Gasteiger partial charge in [0.05, 0.1) is 0 Å². The van der Waals surface area contributed by atoms with Gasteiger partial charge in [-0.2, -0.15) is 11.8 Å². The van der Waals surface area contributed by atoms with Crippen molar-refractivity contribution < 1.29 is 0 Å². The summed E-state index contributed by atoms with van der Waals surface area (Å²) in [7, 11) is 0. The molecule has 4 nitrogen and oxygen atoms in total. The zero-order valence-corrected chi connectivity index (χ0v) is 12.5. The van der Waals surface area contributed by atoms with Crippen LogP contribution in [0.15, 0.2) is 18.5 Å². The largest absolute Gasteiger partial charge is 0.341 e. The molecule has 0 spiro atoms. The Morgan fingerprint density at radius 2 is 2.00 bits per heavy atom. The zero-order chi connectivity index (χ0) is 13.3. The van der Waals surface area contributed by atoms with E-state index in [9.17, 15) is 0 Å². The third-order valence-corrected chi connectivity index (χ3v) is 4.24. The van der Waals surface area contributed by atoms with Gasteiger partial charge in [-0.3, -0.25) is 0 Å². The van der Waals surface area contributed by atoms with Crippen LogP contribution in [0.4, 0.5) is 5.95 Å². The molecule has 1 aliphatic rings. The Morgan fingerprint density at radius 1 is 1.26 bits per heavy atom. The third kappa shape index (κ3) is 4.99. The summed E-state index contributed by atoms with van der Waals surface area (Å²) in [6.07, 6.45) is 10.8. The van der Waals surface area contributed by atoms with Crippen LogP contribution in [0.3, 0.4) is 0 Å². The van der Waals surface area contributed by atoms with E-state index in [2.05, 4.69) is 26.4 Å². The van der Waals surface area contributed by atoms with Crippen LogP contribution in [-0.2, 0) is 0 Å². The first kappa shape index (κ1) is 14.6. The number of piperidine rings is 1. The van der Waals surface area contributed by atoms with E-state index in [1.54, 1.807) is 0 Å². The maximum atomic E-state index is 4.32. The molecule has 1 fully saturated rings. The normalized spacial score (nSPS) is 16.8. The van der Waals surface area contributed by atoms with Crippen LogP contribution in [0, 0.1) is 0 Å². The van der Waals surface area contributed by atoms with Crippen molar-refractivity contribution in [2.45, 2.75) is 31.7 Å². The SMILES string of the molecule is CSCCCCNC1CCN(c2ncccn2)CC1. The first-order valence-electron chi connectivity index (χ1n) is 7.14. The van der Waals surface area contributed by atoms with Gasteiger partial charge in [0.1, 0.15) is 0 Å². The molecule has 1 aromatic rings. The molecule has 19 heavy (non-hydrogen) atoms. The summed E-state index contributed by atoms with van der Waals surface area (Å²) in [4.78, 5) is 10.9. The minimum Gasteiger partial charge on any atom is -0.341 e. The summed E-state index contributed by atoms with van der Waals surface area (Å²) >= 11 is 1.94. The average molecular weight is 280 g/mol. The van der Waals surface area contributed by atoms with Gasteiger partial charge in [-0.1, -0.05) is 0 Å². The number of nitrogens with one attached hydrogen (secondary N) is 1. The number of hydrogen-bond acceptors (Lipinski definition) is 5. The predicted molar refractivity (Wildman–Crippen MR) is 82.9 cm³/mol. The summed E-state index contributed by atoms with van der Waals surface area (Å²) in [6, 6.07) is 2.54. The van der Waals surface area contributed by atoms with E-state index in [4.69, 9.17) is 0 Å². The van der Waals surface area contributed by atoms with Crippen LogP contribution >= 0.6 is 11.8 Å². The summed E-state index contributed by atoms with van der Waals surface area (Å²) in [6.45, 7) is 3.28. The highest BCUT2D eigenvalue weighted by molar-refractivity contribution is 7.98. The van der Waals surface area contributed by atoms with E-state index in [0.717, 1.165) is 25.6 Å². The summed E-state index contributed by atoms with van der Waals surface area (Å²) in [5, 5.41) is 3.68. The van der Waals surface area contributed by atoms with Gasteiger partial charge in [0.2, 0.25) is 5.95 Å². The van der Waals surface area contributed by atoms with Crippen LogP contribution in [0.1, 0.15) is 25.7 Å². The van der Waals surface area contributed by atoms with Crippen molar-refractivity contribution in [3.05, 3.63) is 18.5 Å². The second kappa shape index (κ2) is 8.38. The Hall–Kier alpha value is -0.810. The number of unbranched alkanes of at least 4 members (excludes halogenated alkanes) is 1. The van der Waals surface area contributed by atoms with Gasteiger partial charge in [-0.15, -0.1) is 0 Å². The quantitative estimate of drug-likeness (QED) is 0.775. The average Bonchev–Trinajstić information content (AvgIpc) is 2.49. The van der Waals surface area contributed by atoms with E-state index >= 15 is 0 Å². The fourth-order valence-electron chi connectivity index (χ4n) is 2.42. The molecule has 5 heteroatoms. The van der Waals surface area contributed by atoms with Gasteiger partial charge in [0.25, 0.3) is 0 Å². The van der Waals surface area contributed by atoms with Crippen LogP contribution < -0.4 is 10.2 Å². The Kier molecular flexibility index (Phi) is 6.44. The number of rotatable bonds is 7. The smallest absolute Gasteiger partial charge is 0.225 e. The zero-order valence-electron chi connectivity index (χ0n) is 11.7. The molecule has 0 saturated carbocycles. The summed E-state index contributed by atoms with van der Waals surface area (Å²) in [5.41, 5.74) is 0. The lowest BCUT2D eigenvalue weighted by Gasteiger charge is -2.32. The molecule has 1 aliphatic heterocycles. The molecule has 2 rings (SSSR count). The summed E-state index contributed by atoms with van der Waals surface area (Å²) < 4.78 is 0. The molecule has 0 unspecified atom stereocenters. The third-order valence-electron chi connectivity index (χ3n) is 3.54. The minimum atomic E-state index is 0.675. The maximum absolute atomic E-state index is 4.32. The van der Waals surface area contributed by atoms with Crippen LogP contribution in [0.5, 0.6) is 0 Å². The van der Waals surface area contributed by atoms with Crippen molar-refractivity contribution in [3.63, 3.8) is 0 Å². The van der Waals surface area contributed by atoms with E-state index in [-0.39, 0.29) is 0 Å². The van der Waals surface area contributed by atoms with Crippen molar-refractivity contribution >= 4 is 17.7 Å². The van der Waals surface area contributed by atoms with Gasteiger partial charge in [-0.05, 0) is 50.3 Å². The molecule has 1 saturated heterocycles. The van der Waals surface area contributed by atoms with Crippen LogP contribution in [0.25, 0.3) is 0 Å². The Bertz CT molecular complexity index is 339. The molecular weight excluding hydrogens is 256 g/mol. The van der Waals surface area contributed by atoms with Gasteiger partial charge < -0.3 is 10.2 Å². The molecule has 0 bridgehead atoms. The van der Waals surface area contributed by atoms with Crippen molar-refractivity contribution in [2.75, 3.05) is 36.5 Å². The predicted octanol–water partition coefficient (Wildman–Crippen LogP) is 2.18. The molecule has 1 aromatic heterocycles. The molecule has 2 heterocycles. The lowest BCUT2D eigenvalue weighted by Crippen LogP contribution is -2.43. The molecule has 0 amide bonds. The van der Waals surface area contributed by atoms with Gasteiger partial charge in [0, 0.05) is 31.5 Å². The Labute approximate surface area is 120 Å². The van der Waals surface area contributed by atoms with Crippen LogP contribution in [0.2, 0.25) is 0 Å². The van der Waals surface area contributed by atoms with Gasteiger partial charge in [0.15, 0.2) is 0 Å². The van der Waals surface area contributed by atoms with Gasteiger partial charge in [-0.25, -0.2) is 9.97 Å². The van der Waals surface area contributed by atoms with E-state index in [0.29, 0.717) is 6.04 Å². The van der Waals surface area contributed by atoms with Gasteiger partial charge >= 0.3 is 0 Å². The lowest BCUT2D eigenvalue weighted by atomic mass is 10.1. The number of aromatic nitrogens is 2. The minimum absolute atomic E-state index is 0.675. The Balaban J connectivity index is 1.63. The van der Waals surface area contributed by atoms with Crippen molar-refractivity contribution in [3.8, 4) is 0 Å². The fraction of sp³-hybridized carbons (Fsp3) is 0.714. The van der Waals surface area contributed by atoms with E-state index in [1.165, 1.54) is 31.4 Å². The molecule has 0 aliphatic carbocycles. The molecule has 0 atom stereocenters. The number of nitrogens with zero attached hydrogens (tertiary/aromatic N) is 3. The Morgan fingerprint density at radius 3 is 2.68 bits per heavy atom. The topological polar surface area (TPSA) is 41.0 Å². The monoisotopic (exact) mass is 280 g/mol. The molecule has 106 valence electrons. The van der Waals surface area contributed by atoms with Crippen molar-refractivity contribution in [2.24, 2.45) is 0 Å². The van der Waals surface area contributed by atoms with E-state index < -0.39 is 0 Å². The van der Waals surface area contributed by atoms with Crippen molar-refractivity contribution in [1.82, 2.24) is 15.3 Å². The fourth-order valence-corrected chi connectivity index (χ4v) is 2.91. The lowest BCUT2D eigenvalue weighted by molar-refractivity contribution is 0.409. The highest BCUT2D eigenvalue weighted by Crippen LogP contribution is 2.15. The molecular formula is C14H24N4S. The standard InChI is InChI=1S/C14H24N4S/c1-19-12-3-2-7-15-13-5-10-18(11-6-13)14-16-8-4-9-17-14/h4,8-9,13,15H,2-3,5-7,10-12H2,1H3. The summed E-state index contributed by atoms with van der Waals surface area (Å²) in [5.74, 6) is 2.16. The first-order chi connectivity index (χ1) is 9.40. The second-order valence-electron chi connectivity index (χ2n) is 4.96.